The van der Waals surface area contributed by atoms with E-state index in [2.05, 4.69) is 0 Å². The molecule has 0 amide bonds. The van der Waals surface area contributed by atoms with Gasteiger partial charge in [-0.3, -0.25) is 4.55 Å². The van der Waals surface area contributed by atoms with Crippen LogP contribution >= 0.6 is 0 Å². The largest absolute Gasteiger partial charge is 1.00 e. The Morgan fingerprint density at radius 3 is 2.05 bits per heavy atom. The Labute approximate surface area is 160 Å². The molecule has 7 nitrogen and oxygen atoms in total. The standard InChI is InChI=1S/C10H12O7S.2Na/c1-5-6(8(11)12)3-4-10(2,18(15,16)17)7(5)9(13)14;;/h3-4,6H,1-2H3,(H,11,12)(H,13,14)(H,15,16,17);;/q;2*+1/p-2. The first-order valence-corrected chi connectivity index (χ1v) is 6.26. The molecule has 1 rings (SSSR count). The third-order valence-electron chi connectivity index (χ3n) is 2.96. The van der Waals surface area contributed by atoms with Gasteiger partial charge >= 0.3 is 59.1 Å². The summed E-state index contributed by atoms with van der Waals surface area (Å²) in [5.74, 6) is -4.80. The molecule has 0 radical (unpaired) electrons. The van der Waals surface area contributed by atoms with E-state index in [1.807, 2.05) is 0 Å². The summed E-state index contributed by atoms with van der Waals surface area (Å²) in [6, 6.07) is 0. The Bertz CT molecular complexity index is 578. The Morgan fingerprint density at radius 1 is 1.30 bits per heavy atom. The Hall–Kier alpha value is 0.330. The van der Waals surface area contributed by atoms with Gasteiger partial charge in [-0.05, 0) is 13.8 Å². The average molecular weight is 320 g/mol. The Balaban J connectivity index is 0. The predicted octanol–water partition coefficient (Wildman–Crippen LogP) is -8.36. The number of carboxylic acid groups (broad SMARTS) is 2. The third kappa shape index (κ3) is 3.95. The fourth-order valence-corrected chi connectivity index (χ4v) is 2.64. The normalized spacial score (nSPS) is 25.4. The Kier molecular flexibility index (Phi) is 8.53. The molecule has 100 valence electrons. The number of hydrogen-bond acceptors (Lipinski definition) is 6. The molecule has 2 unspecified atom stereocenters. The van der Waals surface area contributed by atoms with Gasteiger partial charge in [0.15, 0.2) is 0 Å². The zero-order chi connectivity index (χ0) is 14.3. The van der Waals surface area contributed by atoms with Crippen molar-refractivity contribution in [3.8, 4) is 0 Å². The quantitative estimate of drug-likeness (QED) is 0.310. The van der Waals surface area contributed by atoms with Crippen LogP contribution in [-0.4, -0.2) is 29.7 Å². The molecule has 20 heavy (non-hydrogen) atoms. The first-order valence-electron chi connectivity index (χ1n) is 4.82. The third-order valence-corrected chi connectivity index (χ3v) is 4.37. The van der Waals surface area contributed by atoms with Gasteiger partial charge in [-0.1, -0.05) is 17.7 Å². The Morgan fingerprint density at radius 2 is 1.75 bits per heavy atom. The molecule has 2 atom stereocenters. The fraction of sp³-hybridized carbons (Fsp3) is 0.400. The van der Waals surface area contributed by atoms with E-state index in [9.17, 15) is 28.2 Å². The molecule has 10 heteroatoms. The molecule has 0 spiro atoms. The second kappa shape index (κ2) is 7.55. The minimum Gasteiger partial charge on any atom is -0.549 e. The number of hydrogen-bond donors (Lipinski definition) is 1. The van der Waals surface area contributed by atoms with Crippen LogP contribution < -0.4 is 69.3 Å². The van der Waals surface area contributed by atoms with E-state index in [1.54, 1.807) is 0 Å². The first-order chi connectivity index (χ1) is 8.02. The molecule has 0 aromatic carbocycles. The number of carbonyl (C=O) groups is 2. The fourth-order valence-electron chi connectivity index (χ4n) is 1.89. The molecule has 1 aliphatic rings. The molecule has 0 fully saturated rings. The van der Waals surface area contributed by atoms with Gasteiger partial charge in [-0.25, -0.2) is 0 Å². The van der Waals surface area contributed by atoms with Crippen molar-refractivity contribution in [3.63, 3.8) is 0 Å². The van der Waals surface area contributed by atoms with E-state index in [0.29, 0.717) is 0 Å². The predicted molar refractivity (Wildman–Crippen MR) is 55.3 cm³/mol. The van der Waals surface area contributed by atoms with Crippen molar-refractivity contribution in [2.24, 2.45) is 5.92 Å². The SMILES string of the molecule is CC1=C(C(=O)[O-])C(C)(S(=O)(=O)O)C=CC1C(=O)[O-].[Na+].[Na+]. The van der Waals surface area contributed by atoms with Crippen LogP contribution in [0.5, 0.6) is 0 Å². The van der Waals surface area contributed by atoms with Crippen molar-refractivity contribution in [2.45, 2.75) is 18.6 Å². The summed E-state index contributed by atoms with van der Waals surface area (Å²) in [5, 5.41) is 21.8. The molecule has 0 aromatic heterocycles. The average Bonchev–Trinajstić information content (AvgIpc) is 2.14. The van der Waals surface area contributed by atoms with E-state index >= 15 is 0 Å². The van der Waals surface area contributed by atoms with Crippen LogP contribution in [0.4, 0.5) is 0 Å². The van der Waals surface area contributed by atoms with Gasteiger partial charge in [0, 0.05) is 11.5 Å². The second-order valence-electron chi connectivity index (χ2n) is 4.08. The maximum Gasteiger partial charge on any atom is 1.00 e. The summed E-state index contributed by atoms with van der Waals surface area (Å²) in [6.07, 6.45) is 1.77. The van der Waals surface area contributed by atoms with E-state index in [1.165, 1.54) is 0 Å². The minimum absolute atomic E-state index is 0. The number of aliphatic carboxylic acids is 2. The molecule has 1 N–H and O–H groups in total. The second-order valence-corrected chi connectivity index (χ2v) is 5.88. The van der Waals surface area contributed by atoms with Gasteiger partial charge in [0.05, 0.1) is 11.9 Å². The van der Waals surface area contributed by atoms with Crippen molar-refractivity contribution in [2.75, 3.05) is 0 Å². The van der Waals surface area contributed by atoms with Gasteiger partial charge in [0.25, 0.3) is 10.1 Å². The molecule has 0 heterocycles. The van der Waals surface area contributed by atoms with Crippen LogP contribution in [0.1, 0.15) is 13.8 Å². The first kappa shape index (κ1) is 22.6. The monoisotopic (exact) mass is 320 g/mol. The van der Waals surface area contributed by atoms with E-state index in [-0.39, 0.29) is 64.7 Å². The smallest absolute Gasteiger partial charge is 0.549 e. The molecule has 0 saturated heterocycles. The van der Waals surface area contributed by atoms with Crippen molar-refractivity contribution in [3.05, 3.63) is 23.3 Å². The molecular formula is C10H10Na2O7S. The molecule has 0 aromatic rings. The molecular weight excluding hydrogens is 310 g/mol. The van der Waals surface area contributed by atoms with Crippen LogP contribution in [0.15, 0.2) is 23.3 Å². The maximum absolute atomic E-state index is 11.3. The van der Waals surface area contributed by atoms with Gasteiger partial charge < -0.3 is 19.8 Å². The summed E-state index contributed by atoms with van der Waals surface area (Å²) in [4.78, 5) is 21.8. The van der Waals surface area contributed by atoms with Gasteiger partial charge in [0.1, 0.15) is 4.75 Å². The molecule has 1 aliphatic carbocycles. The van der Waals surface area contributed by atoms with E-state index in [4.69, 9.17) is 4.55 Å². The zero-order valence-electron chi connectivity index (χ0n) is 11.5. The van der Waals surface area contributed by atoms with E-state index in [0.717, 1.165) is 26.0 Å². The van der Waals surface area contributed by atoms with Gasteiger partial charge in [-0.15, -0.1) is 0 Å². The van der Waals surface area contributed by atoms with Crippen LogP contribution in [0, 0.1) is 5.92 Å². The van der Waals surface area contributed by atoms with Crippen LogP contribution in [0.2, 0.25) is 0 Å². The maximum atomic E-state index is 11.3. The topological polar surface area (TPSA) is 135 Å². The van der Waals surface area contributed by atoms with E-state index < -0.39 is 38.3 Å². The molecule has 0 bridgehead atoms. The minimum atomic E-state index is -4.78. The van der Waals surface area contributed by atoms with Gasteiger partial charge in [0.2, 0.25) is 0 Å². The summed E-state index contributed by atoms with van der Waals surface area (Å²) in [5.41, 5.74) is -1.04. The van der Waals surface area contributed by atoms with Crippen molar-refractivity contribution in [1.82, 2.24) is 0 Å². The van der Waals surface area contributed by atoms with Crippen LogP contribution in [-0.2, 0) is 19.7 Å². The summed E-state index contributed by atoms with van der Waals surface area (Å²) < 4.78 is 29.4. The number of carboxylic acids is 2. The van der Waals surface area contributed by atoms with Crippen molar-refractivity contribution < 1.29 is 91.9 Å². The summed E-state index contributed by atoms with van der Waals surface area (Å²) in [7, 11) is -4.78. The van der Waals surface area contributed by atoms with Gasteiger partial charge in [-0.2, -0.15) is 8.42 Å². The summed E-state index contributed by atoms with van der Waals surface area (Å²) in [6.45, 7) is 2.08. The summed E-state index contributed by atoms with van der Waals surface area (Å²) >= 11 is 0. The van der Waals surface area contributed by atoms with Crippen molar-refractivity contribution >= 4 is 22.1 Å². The number of carbonyl (C=O) groups excluding carboxylic acids is 2. The van der Waals surface area contributed by atoms with Crippen molar-refractivity contribution in [1.29, 1.82) is 0 Å². The molecule has 0 aliphatic heterocycles. The number of rotatable bonds is 3. The molecule has 0 saturated carbocycles. The zero-order valence-corrected chi connectivity index (χ0v) is 16.4. The van der Waals surface area contributed by atoms with Crippen LogP contribution in [0.25, 0.3) is 0 Å². The van der Waals surface area contributed by atoms with Crippen LogP contribution in [0.3, 0.4) is 0 Å².